The number of carbonyl (C=O) groups excluding carboxylic acids is 2. The van der Waals surface area contributed by atoms with E-state index < -0.39 is 0 Å². The lowest BCUT2D eigenvalue weighted by Crippen LogP contribution is -1.72. The number of isocyanates is 2. The van der Waals surface area contributed by atoms with Crippen LogP contribution in [0.15, 0.2) is 28.2 Å². The van der Waals surface area contributed by atoms with Crippen molar-refractivity contribution in [3.8, 4) is 0 Å². The van der Waals surface area contributed by atoms with Crippen LogP contribution in [-0.4, -0.2) is 17.6 Å². The lowest BCUT2D eigenvalue weighted by Gasteiger charge is -1.96. The molecule has 72 valence electrons. The molecule has 2 N–H and O–H groups in total. The van der Waals surface area contributed by atoms with E-state index >= 15 is 0 Å². The highest BCUT2D eigenvalue weighted by Crippen LogP contribution is 2.27. The highest BCUT2D eigenvalue weighted by atomic mass is 16.1. The fraction of sp³-hybridized carbons (Fsp3) is 0.111. The first kappa shape index (κ1) is 11.9. The minimum absolute atomic E-state index is 0. The molecule has 1 aromatic rings. The number of aliphatic imine (C=N–C) groups is 2. The highest BCUT2D eigenvalue weighted by Gasteiger charge is 1.99. The Morgan fingerprint density at radius 3 is 2.21 bits per heavy atom. The molecule has 0 amide bonds. The molecule has 0 heterocycles. The van der Waals surface area contributed by atoms with Crippen molar-refractivity contribution in [2.24, 2.45) is 9.98 Å². The molecule has 0 aliphatic heterocycles. The topological polar surface area (TPSA) is 90.4 Å². The van der Waals surface area contributed by atoms with Gasteiger partial charge in [0.1, 0.15) is 11.4 Å². The number of nitrogens with zero attached hydrogens (tertiary/aromatic N) is 2. The summed E-state index contributed by atoms with van der Waals surface area (Å²) in [6.45, 7) is 1.85. The molecule has 14 heavy (non-hydrogen) atoms. The number of hydrogen-bond donors (Lipinski definition) is 0. The number of rotatable bonds is 2. The Labute approximate surface area is 80.1 Å². The Bertz CT molecular complexity index is 416. The summed E-state index contributed by atoms with van der Waals surface area (Å²) in [6, 6.07) is 5.00. The summed E-state index contributed by atoms with van der Waals surface area (Å²) < 4.78 is 0. The van der Waals surface area contributed by atoms with Crippen molar-refractivity contribution in [1.29, 1.82) is 0 Å². The average molecular weight is 192 g/mol. The number of benzene rings is 1. The molecule has 5 heteroatoms. The second-order valence-corrected chi connectivity index (χ2v) is 2.40. The maximum absolute atomic E-state index is 10.0. The van der Waals surface area contributed by atoms with Gasteiger partial charge in [0.15, 0.2) is 0 Å². The molecule has 0 aliphatic carbocycles. The highest BCUT2D eigenvalue weighted by molar-refractivity contribution is 5.68. The van der Waals surface area contributed by atoms with Crippen LogP contribution in [-0.2, 0) is 9.59 Å². The second kappa shape index (κ2) is 5.56. The standard InChI is InChI=1S/C9H6N2O2.H2O/c1-7-2-3-8(10-5-12)9(4-7)11-6-13;/h2-4H,1H3;1H2. The smallest absolute Gasteiger partial charge is 0.240 e. The third kappa shape index (κ3) is 2.77. The SMILES string of the molecule is Cc1ccc(N=C=O)c(N=C=O)c1.O. The zero-order chi connectivity index (χ0) is 9.68. The van der Waals surface area contributed by atoms with E-state index in [1.807, 2.05) is 6.92 Å². The minimum atomic E-state index is 0. The molecule has 0 saturated carbocycles. The quantitative estimate of drug-likeness (QED) is 0.518. The molecule has 1 rings (SSSR count). The molecule has 1 aromatic carbocycles. The van der Waals surface area contributed by atoms with Crippen LogP contribution < -0.4 is 0 Å². The lowest BCUT2D eigenvalue weighted by molar-refractivity contribution is 0.564. The van der Waals surface area contributed by atoms with E-state index in [-0.39, 0.29) is 5.48 Å². The molecular formula is C9H8N2O3. The Balaban J connectivity index is 0.00000169. The third-order valence-electron chi connectivity index (χ3n) is 1.46. The van der Waals surface area contributed by atoms with Gasteiger partial charge in [-0.25, -0.2) is 9.59 Å². The predicted molar refractivity (Wildman–Crippen MR) is 50.4 cm³/mol. The normalized spacial score (nSPS) is 7.79. The first-order valence-electron chi connectivity index (χ1n) is 3.54. The molecule has 0 saturated heterocycles. The van der Waals surface area contributed by atoms with Crippen molar-refractivity contribution < 1.29 is 15.1 Å². The molecule has 0 atom stereocenters. The van der Waals surface area contributed by atoms with Crippen molar-refractivity contribution in [1.82, 2.24) is 0 Å². The summed E-state index contributed by atoms with van der Waals surface area (Å²) >= 11 is 0. The van der Waals surface area contributed by atoms with Crippen molar-refractivity contribution >= 4 is 23.5 Å². The summed E-state index contributed by atoms with van der Waals surface area (Å²) in [5.74, 6) is 0. The van der Waals surface area contributed by atoms with Gasteiger partial charge in [0, 0.05) is 0 Å². The molecule has 5 nitrogen and oxygen atoms in total. The largest absolute Gasteiger partial charge is 0.412 e. The van der Waals surface area contributed by atoms with Crippen molar-refractivity contribution in [2.45, 2.75) is 6.92 Å². The zero-order valence-corrected chi connectivity index (χ0v) is 7.44. The van der Waals surface area contributed by atoms with Crippen molar-refractivity contribution in [3.63, 3.8) is 0 Å². The molecule has 0 bridgehead atoms. The van der Waals surface area contributed by atoms with E-state index in [0.29, 0.717) is 11.4 Å². The number of hydrogen-bond acceptors (Lipinski definition) is 4. The first-order valence-corrected chi connectivity index (χ1v) is 3.54. The van der Waals surface area contributed by atoms with Gasteiger partial charge in [-0.3, -0.25) is 0 Å². The molecule has 0 aromatic heterocycles. The average Bonchev–Trinajstić information content (AvgIpc) is 2.10. The molecule has 0 radical (unpaired) electrons. The maximum Gasteiger partial charge on any atom is 0.240 e. The number of aryl methyl sites for hydroxylation is 1. The van der Waals surface area contributed by atoms with Crippen LogP contribution in [0.4, 0.5) is 11.4 Å². The molecule has 0 spiro atoms. The van der Waals surface area contributed by atoms with Crippen molar-refractivity contribution in [3.05, 3.63) is 23.8 Å². The molecule has 0 aliphatic rings. The van der Waals surface area contributed by atoms with E-state index in [9.17, 15) is 9.59 Å². The summed E-state index contributed by atoms with van der Waals surface area (Å²) in [4.78, 5) is 26.8. The van der Waals surface area contributed by atoms with Crippen molar-refractivity contribution in [2.75, 3.05) is 0 Å². The Morgan fingerprint density at radius 1 is 1.07 bits per heavy atom. The predicted octanol–water partition coefficient (Wildman–Crippen LogP) is 1.10. The van der Waals surface area contributed by atoms with E-state index in [2.05, 4.69) is 9.98 Å². The summed E-state index contributed by atoms with van der Waals surface area (Å²) in [5, 5.41) is 0. The van der Waals surface area contributed by atoms with Crippen LogP contribution in [0.3, 0.4) is 0 Å². The van der Waals surface area contributed by atoms with Crippen LogP contribution in [0.2, 0.25) is 0 Å². The van der Waals surface area contributed by atoms with E-state index in [1.54, 1.807) is 18.2 Å². The van der Waals surface area contributed by atoms with Gasteiger partial charge in [-0.2, -0.15) is 9.98 Å². The van der Waals surface area contributed by atoms with E-state index in [1.165, 1.54) is 12.2 Å². The van der Waals surface area contributed by atoms with Gasteiger partial charge in [0.25, 0.3) is 0 Å². The lowest BCUT2D eigenvalue weighted by atomic mass is 10.2. The van der Waals surface area contributed by atoms with Crippen LogP contribution in [0, 0.1) is 6.92 Å². The van der Waals surface area contributed by atoms with Gasteiger partial charge in [0.05, 0.1) is 0 Å². The van der Waals surface area contributed by atoms with E-state index in [0.717, 1.165) is 5.56 Å². The minimum Gasteiger partial charge on any atom is -0.412 e. The monoisotopic (exact) mass is 192 g/mol. The van der Waals surface area contributed by atoms with E-state index in [4.69, 9.17) is 0 Å². The molecule has 0 unspecified atom stereocenters. The summed E-state index contributed by atoms with van der Waals surface area (Å²) in [5.41, 5.74) is 1.58. The fourth-order valence-electron chi connectivity index (χ4n) is 0.916. The van der Waals surface area contributed by atoms with Gasteiger partial charge in [-0.05, 0) is 24.6 Å². The Morgan fingerprint density at radius 2 is 1.64 bits per heavy atom. The van der Waals surface area contributed by atoms with Crippen LogP contribution in [0.1, 0.15) is 5.56 Å². The van der Waals surface area contributed by atoms with Crippen LogP contribution >= 0.6 is 0 Å². The zero-order valence-electron chi connectivity index (χ0n) is 7.44. The first-order chi connectivity index (χ1) is 6.27. The summed E-state index contributed by atoms with van der Waals surface area (Å²) in [7, 11) is 0. The molecule has 0 fully saturated rings. The van der Waals surface area contributed by atoms with Gasteiger partial charge in [-0.1, -0.05) is 6.07 Å². The van der Waals surface area contributed by atoms with Gasteiger partial charge >= 0.3 is 0 Å². The van der Waals surface area contributed by atoms with Crippen LogP contribution in [0.25, 0.3) is 0 Å². The second-order valence-electron chi connectivity index (χ2n) is 2.40. The Hall–Kier alpha value is -2.06. The molecular weight excluding hydrogens is 184 g/mol. The van der Waals surface area contributed by atoms with Gasteiger partial charge in [-0.15, -0.1) is 0 Å². The maximum atomic E-state index is 10.0. The van der Waals surface area contributed by atoms with Gasteiger partial charge < -0.3 is 5.48 Å². The van der Waals surface area contributed by atoms with Gasteiger partial charge in [0.2, 0.25) is 12.2 Å². The summed E-state index contributed by atoms with van der Waals surface area (Å²) in [6.07, 6.45) is 2.78. The van der Waals surface area contributed by atoms with Crippen LogP contribution in [0.5, 0.6) is 0 Å². The Kier molecular flexibility index (Phi) is 4.74. The third-order valence-corrected chi connectivity index (χ3v) is 1.46. The fourth-order valence-corrected chi connectivity index (χ4v) is 0.916.